The van der Waals surface area contributed by atoms with Gasteiger partial charge in [0, 0.05) is 13.3 Å². The summed E-state index contributed by atoms with van der Waals surface area (Å²) in [5.74, 6) is -3.65. The van der Waals surface area contributed by atoms with Crippen molar-refractivity contribution >= 4 is 23.7 Å². The van der Waals surface area contributed by atoms with Crippen molar-refractivity contribution in [2.45, 2.75) is 45.3 Å². The molecule has 0 fully saturated rings. The molecule has 0 spiro atoms. The van der Waals surface area contributed by atoms with Crippen LogP contribution in [0.1, 0.15) is 26.3 Å². The number of amides is 3. The zero-order valence-corrected chi connectivity index (χ0v) is 16.5. The van der Waals surface area contributed by atoms with Gasteiger partial charge in [-0.15, -0.1) is 0 Å². The van der Waals surface area contributed by atoms with Gasteiger partial charge in [-0.05, 0) is 23.6 Å². The Morgan fingerprint density at radius 3 is 1.93 bits per heavy atom. The van der Waals surface area contributed by atoms with Gasteiger partial charge in [-0.1, -0.05) is 26.0 Å². The van der Waals surface area contributed by atoms with Gasteiger partial charge in [-0.3, -0.25) is 14.4 Å². The lowest BCUT2D eigenvalue weighted by Crippen LogP contribution is -2.57. The Morgan fingerprint density at radius 2 is 1.48 bits per heavy atom. The highest BCUT2D eigenvalue weighted by Gasteiger charge is 2.30. The predicted molar refractivity (Wildman–Crippen MR) is 103 cm³/mol. The first-order chi connectivity index (χ1) is 13.5. The highest BCUT2D eigenvalue weighted by atomic mass is 16.4. The average Bonchev–Trinajstić information content (AvgIpc) is 2.64. The molecule has 0 aliphatic heterocycles. The number of carboxylic acids is 1. The number of carbonyl (C=O) groups excluding carboxylic acids is 3. The molecule has 160 valence electrons. The number of hydrogen-bond acceptors (Lipinski definition) is 6. The molecular weight excluding hydrogens is 382 g/mol. The maximum Gasteiger partial charge on any atom is 0.326 e. The summed E-state index contributed by atoms with van der Waals surface area (Å²) in [6.07, 6.45) is 0.0786. The van der Waals surface area contributed by atoms with Crippen molar-refractivity contribution in [3.63, 3.8) is 0 Å². The van der Waals surface area contributed by atoms with Gasteiger partial charge in [0.1, 0.15) is 23.9 Å². The number of phenols is 1. The van der Waals surface area contributed by atoms with Crippen LogP contribution in [0.2, 0.25) is 0 Å². The van der Waals surface area contributed by atoms with Crippen LogP contribution in [0, 0.1) is 5.92 Å². The minimum Gasteiger partial charge on any atom is -0.508 e. The minimum atomic E-state index is -1.39. The van der Waals surface area contributed by atoms with Crippen LogP contribution in [0.3, 0.4) is 0 Å². The summed E-state index contributed by atoms with van der Waals surface area (Å²) in [6, 6.07) is 2.40. The Kier molecular flexibility index (Phi) is 9.07. The molecule has 3 atom stereocenters. The van der Waals surface area contributed by atoms with Gasteiger partial charge in [0.05, 0.1) is 6.61 Å². The number of carboxylic acid groups (broad SMARTS) is 1. The number of aliphatic hydroxyl groups is 1. The van der Waals surface area contributed by atoms with Crippen molar-refractivity contribution in [2.24, 2.45) is 5.92 Å². The number of benzene rings is 1. The fourth-order valence-electron chi connectivity index (χ4n) is 2.56. The molecule has 6 N–H and O–H groups in total. The van der Waals surface area contributed by atoms with Crippen LogP contribution >= 0.6 is 0 Å². The van der Waals surface area contributed by atoms with E-state index in [1.165, 1.54) is 19.1 Å². The fourth-order valence-corrected chi connectivity index (χ4v) is 2.56. The number of phenolic OH excluding ortho intramolecular Hbond substituents is 1. The van der Waals surface area contributed by atoms with E-state index in [1.54, 1.807) is 26.0 Å². The van der Waals surface area contributed by atoms with Gasteiger partial charge in [-0.2, -0.15) is 0 Å². The van der Waals surface area contributed by atoms with Gasteiger partial charge in [0.2, 0.25) is 17.7 Å². The standard InChI is InChI=1S/C19H27N3O7/c1-10(2)16(19(28)29)22-18(27)15(9-23)21-17(26)14(20-11(3)24)8-12-4-6-13(25)7-5-12/h4-7,10,14-16,23,25H,8-9H2,1-3H3,(H,20,24)(H,21,26)(H,22,27)(H,28,29)/t14-,15-,16-/m0/s1. The second-order valence-electron chi connectivity index (χ2n) is 6.94. The van der Waals surface area contributed by atoms with E-state index in [1.807, 2.05) is 0 Å². The van der Waals surface area contributed by atoms with E-state index >= 15 is 0 Å². The lowest BCUT2D eigenvalue weighted by atomic mass is 10.0. The number of hydrogen-bond donors (Lipinski definition) is 6. The van der Waals surface area contributed by atoms with E-state index in [0.29, 0.717) is 5.56 Å². The lowest BCUT2D eigenvalue weighted by molar-refractivity contribution is -0.143. The molecular formula is C19H27N3O7. The molecule has 0 aliphatic carbocycles. The highest BCUT2D eigenvalue weighted by molar-refractivity contribution is 5.93. The first-order valence-electron chi connectivity index (χ1n) is 9.04. The van der Waals surface area contributed by atoms with Crippen LogP contribution in [0.15, 0.2) is 24.3 Å². The van der Waals surface area contributed by atoms with E-state index in [9.17, 15) is 34.5 Å². The summed E-state index contributed by atoms with van der Waals surface area (Å²) in [4.78, 5) is 47.6. The van der Waals surface area contributed by atoms with Gasteiger partial charge < -0.3 is 31.3 Å². The van der Waals surface area contributed by atoms with E-state index in [-0.39, 0.29) is 12.2 Å². The molecule has 0 radical (unpaired) electrons. The molecule has 0 heterocycles. The summed E-state index contributed by atoms with van der Waals surface area (Å²) >= 11 is 0. The van der Waals surface area contributed by atoms with Crippen LogP contribution in [0.25, 0.3) is 0 Å². The Morgan fingerprint density at radius 1 is 0.931 bits per heavy atom. The zero-order valence-electron chi connectivity index (χ0n) is 16.5. The molecule has 0 aromatic heterocycles. The number of carbonyl (C=O) groups is 4. The van der Waals surface area contributed by atoms with Crippen LogP contribution in [0.5, 0.6) is 5.75 Å². The second kappa shape index (κ2) is 11.0. The van der Waals surface area contributed by atoms with Crippen LogP contribution < -0.4 is 16.0 Å². The van der Waals surface area contributed by atoms with Crippen LogP contribution in [0.4, 0.5) is 0 Å². The topological polar surface area (TPSA) is 165 Å². The quantitative estimate of drug-likeness (QED) is 0.293. The Hall–Kier alpha value is -3.14. The molecule has 0 saturated heterocycles. The smallest absolute Gasteiger partial charge is 0.326 e. The molecule has 1 aromatic carbocycles. The molecule has 0 bridgehead atoms. The first-order valence-corrected chi connectivity index (χ1v) is 9.04. The van der Waals surface area contributed by atoms with Crippen molar-refractivity contribution in [3.05, 3.63) is 29.8 Å². The van der Waals surface area contributed by atoms with Crippen LogP contribution in [-0.2, 0) is 25.6 Å². The van der Waals surface area contributed by atoms with E-state index in [0.717, 1.165) is 0 Å². The number of aliphatic hydroxyl groups excluding tert-OH is 1. The summed E-state index contributed by atoms with van der Waals surface area (Å²) < 4.78 is 0. The molecule has 29 heavy (non-hydrogen) atoms. The molecule has 0 aliphatic rings. The largest absolute Gasteiger partial charge is 0.508 e. The van der Waals surface area contributed by atoms with Gasteiger partial charge in [0.25, 0.3) is 0 Å². The summed E-state index contributed by atoms with van der Waals surface area (Å²) in [7, 11) is 0. The first kappa shape index (κ1) is 23.9. The van der Waals surface area contributed by atoms with E-state index < -0.39 is 54.3 Å². The Bertz CT molecular complexity index is 734. The summed E-state index contributed by atoms with van der Waals surface area (Å²) in [6.45, 7) is 3.69. The van der Waals surface area contributed by atoms with Crippen LogP contribution in [-0.4, -0.2) is 63.7 Å². The second-order valence-corrected chi connectivity index (χ2v) is 6.94. The maximum atomic E-state index is 12.6. The van der Waals surface area contributed by atoms with E-state index in [2.05, 4.69) is 16.0 Å². The average molecular weight is 409 g/mol. The molecule has 1 rings (SSSR count). The highest BCUT2D eigenvalue weighted by Crippen LogP contribution is 2.11. The molecule has 3 amide bonds. The number of rotatable bonds is 10. The molecule has 10 heteroatoms. The normalized spacial score (nSPS) is 13.8. The fraction of sp³-hybridized carbons (Fsp3) is 0.474. The van der Waals surface area contributed by atoms with E-state index in [4.69, 9.17) is 0 Å². The number of aliphatic carboxylic acids is 1. The summed E-state index contributed by atoms with van der Waals surface area (Å²) in [5, 5.41) is 35.1. The van der Waals surface area contributed by atoms with Gasteiger partial charge in [-0.25, -0.2) is 4.79 Å². The van der Waals surface area contributed by atoms with Gasteiger partial charge >= 0.3 is 5.97 Å². The summed E-state index contributed by atoms with van der Waals surface area (Å²) in [5.41, 5.74) is 0.646. The van der Waals surface area contributed by atoms with Crippen molar-refractivity contribution < 1.29 is 34.5 Å². The Labute approximate surface area is 168 Å². The third-order valence-electron chi connectivity index (χ3n) is 4.12. The molecule has 10 nitrogen and oxygen atoms in total. The lowest BCUT2D eigenvalue weighted by Gasteiger charge is -2.24. The predicted octanol–water partition coefficient (Wildman–Crippen LogP) is -0.858. The molecule has 1 aromatic rings. The van der Waals surface area contributed by atoms with Gasteiger partial charge in [0.15, 0.2) is 0 Å². The monoisotopic (exact) mass is 409 g/mol. The maximum absolute atomic E-state index is 12.6. The number of nitrogens with one attached hydrogen (secondary N) is 3. The third-order valence-corrected chi connectivity index (χ3v) is 4.12. The number of aromatic hydroxyl groups is 1. The Balaban J connectivity index is 2.88. The third kappa shape index (κ3) is 7.78. The van der Waals surface area contributed by atoms with Crippen molar-refractivity contribution in [3.8, 4) is 5.75 Å². The van der Waals surface area contributed by atoms with Crippen molar-refractivity contribution in [1.29, 1.82) is 0 Å². The molecule has 0 unspecified atom stereocenters. The minimum absolute atomic E-state index is 0.0458. The molecule has 0 saturated carbocycles. The zero-order chi connectivity index (χ0) is 22.1. The SMILES string of the molecule is CC(=O)N[C@@H](Cc1ccc(O)cc1)C(=O)N[C@@H](CO)C(=O)N[C@H](C(=O)O)C(C)C. The van der Waals surface area contributed by atoms with Crippen molar-refractivity contribution in [1.82, 2.24) is 16.0 Å². The van der Waals surface area contributed by atoms with Crippen molar-refractivity contribution in [2.75, 3.05) is 6.61 Å².